The van der Waals surface area contributed by atoms with Gasteiger partial charge >= 0.3 is 0 Å². The average molecular weight is 334 g/mol. The monoisotopic (exact) mass is 333 g/mol. The minimum absolute atomic E-state index is 0.111. The fourth-order valence-electron chi connectivity index (χ4n) is 1.89. The number of nitrogens with zero attached hydrogens (tertiary/aromatic N) is 1. The zero-order valence-electron chi connectivity index (χ0n) is 11.8. The lowest BCUT2D eigenvalue weighted by Crippen LogP contribution is -2.22. The van der Waals surface area contributed by atoms with Crippen LogP contribution in [0.25, 0.3) is 0 Å². The highest BCUT2D eigenvalue weighted by Gasteiger charge is 2.06. The second-order valence-corrected chi connectivity index (χ2v) is 5.51. The van der Waals surface area contributed by atoms with Gasteiger partial charge in [-0.15, -0.1) is 0 Å². The summed E-state index contributed by atoms with van der Waals surface area (Å²) in [5.74, 6) is -0.213. The van der Waals surface area contributed by atoms with Gasteiger partial charge in [0.15, 0.2) is 0 Å². The number of aryl methyl sites for hydroxylation is 1. The first kappa shape index (κ1) is 16.2. The molecule has 0 aliphatic carbocycles. The molecular weight excluding hydrogens is 321 g/mol. The third-order valence-corrected chi connectivity index (χ3v) is 3.55. The van der Waals surface area contributed by atoms with E-state index < -0.39 is 0 Å². The van der Waals surface area contributed by atoms with Crippen molar-refractivity contribution in [1.29, 1.82) is 5.26 Å². The average Bonchev–Trinajstić information content (AvgIpc) is 2.46. The van der Waals surface area contributed by atoms with Crippen LogP contribution < -0.4 is 10.6 Å². The molecule has 1 amide bonds. The predicted molar refractivity (Wildman–Crippen MR) is 89.5 cm³/mol. The quantitative estimate of drug-likeness (QED) is 0.880. The molecule has 112 valence electrons. The number of hydrogen-bond donors (Lipinski definition) is 2. The minimum Gasteiger partial charge on any atom is -0.376 e. The van der Waals surface area contributed by atoms with Crippen LogP contribution in [0.15, 0.2) is 36.4 Å². The Kier molecular flexibility index (Phi) is 5.26. The van der Waals surface area contributed by atoms with Crippen molar-refractivity contribution in [3.63, 3.8) is 0 Å². The Morgan fingerprint density at radius 3 is 2.64 bits per heavy atom. The second kappa shape index (κ2) is 7.17. The Morgan fingerprint density at radius 2 is 2.00 bits per heavy atom. The molecule has 0 bridgehead atoms. The van der Waals surface area contributed by atoms with Gasteiger partial charge in [0.05, 0.1) is 17.1 Å². The molecular formula is C16H13Cl2N3O. The molecule has 22 heavy (non-hydrogen) atoms. The summed E-state index contributed by atoms with van der Waals surface area (Å²) in [5, 5.41) is 15.5. The Labute approximate surface area is 138 Å². The highest BCUT2D eigenvalue weighted by atomic mass is 35.5. The molecule has 6 heteroatoms. The molecule has 0 spiro atoms. The van der Waals surface area contributed by atoms with E-state index in [-0.39, 0.29) is 12.5 Å². The molecule has 4 nitrogen and oxygen atoms in total. The summed E-state index contributed by atoms with van der Waals surface area (Å²) in [4.78, 5) is 11.9. The van der Waals surface area contributed by atoms with Crippen molar-refractivity contribution in [2.75, 3.05) is 17.2 Å². The molecule has 0 atom stereocenters. The van der Waals surface area contributed by atoms with E-state index in [1.807, 2.05) is 25.1 Å². The van der Waals surface area contributed by atoms with Gasteiger partial charge in [-0.3, -0.25) is 4.79 Å². The largest absolute Gasteiger partial charge is 0.376 e. The second-order valence-electron chi connectivity index (χ2n) is 4.67. The Balaban J connectivity index is 1.96. The number of carbonyl (C=O) groups is 1. The molecule has 2 rings (SSSR count). The Morgan fingerprint density at radius 1 is 1.23 bits per heavy atom. The summed E-state index contributed by atoms with van der Waals surface area (Å²) in [6.07, 6.45) is 0. The zero-order valence-corrected chi connectivity index (χ0v) is 13.3. The molecule has 0 aliphatic heterocycles. The van der Waals surface area contributed by atoms with Gasteiger partial charge in [0.2, 0.25) is 5.91 Å². The van der Waals surface area contributed by atoms with Crippen LogP contribution in [0.5, 0.6) is 0 Å². The first-order valence-electron chi connectivity index (χ1n) is 6.49. The molecule has 0 heterocycles. The van der Waals surface area contributed by atoms with Crippen molar-refractivity contribution < 1.29 is 4.79 Å². The number of rotatable bonds is 4. The van der Waals surface area contributed by atoms with E-state index in [0.29, 0.717) is 21.3 Å². The Hall–Kier alpha value is -2.22. The normalized spacial score (nSPS) is 9.91. The molecule has 2 N–H and O–H groups in total. The van der Waals surface area contributed by atoms with Gasteiger partial charge in [-0.25, -0.2) is 0 Å². The molecule has 0 saturated carbocycles. The number of carbonyl (C=O) groups excluding carboxylic acids is 1. The SMILES string of the molecule is Cc1cc(Cl)ccc1NCC(=O)Nc1ccc(C#N)c(Cl)c1. The van der Waals surface area contributed by atoms with Crippen LogP contribution in [0.3, 0.4) is 0 Å². The van der Waals surface area contributed by atoms with E-state index in [0.717, 1.165) is 11.3 Å². The highest BCUT2D eigenvalue weighted by Crippen LogP contribution is 2.21. The third kappa shape index (κ3) is 4.14. The topological polar surface area (TPSA) is 64.9 Å². The van der Waals surface area contributed by atoms with Crippen LogP contribution in [-0.4, -0.2) is 12.5 Å². The first-order valence-corrected chi connectivity index (χ1v) is 7.24. The molecule has 0 unspecified atom stereocenters. The van der Waals surface area contributed by atoms with Gasteiger partial charge in [0, 0.05) is 16.4 Å². The van der Waals surface area contributed by atoms with Crippen LogP contribution in [0.4, 0.5) is 11.4 Å². The van der Waals surface area contributed by atoms with Crippen LogP contribution >= 0.6 is 23.2 Å². The van der Waals surface area contributed by atoms with E-state index in [1.54, 1.807) is 24.3 Å². The molecule has 0 aromatic heterocycles. The number of benzene rings is 2. The molecule has 2 aromatic rings. The number of nitriles is 1. The van der Waals surface area contributed by atoms with Gasteiger partial charge in [-0.2, -0.15) is 5.26 Å². The summed E-state index contributed by atoms with van der Waals surface area (Å²) < 4.78 is 0. The van der Waals surface area contributed by atoms with Crippen LogP contribution in [0.2, 0.25) is 10.0 Å². The van der Waals surface area contributed by atoms with Crippen molar-refractivity contribution in [2.45, 2.75) is 6.92 Å². The van der Waals surface area contributed by atoms with Crippen molar-refractivity contribution in [3.8, 4) is 6.07 Å². The fraction of sp³-hybridized carbons (Fsp3) is 0.125. The van der Waals surface area contributed by atoms with E-state index in [9.17, 15) is 4.79 Å². The summed E-state index contributed by atoms with van der Waals surface area (Å²) in [6.45, 7) is 2.02. The van der Waals surface area contributed by atoms with Crippen LogP contribution in [0.1, 0.15) is 11.1 Å². The van der Waals surface area contributed by atoms with Gasteiger partial charge in [-0.1, -0.05) is 23.2 Å². The van der Waals surface area contributed by atoms with Gasteiger partial charge < -0.3 is 10.6 Å². The van der Waals surface area contributed by atoms with Gasteiger partial charge in [0.25, 0.3) is 0 Å². The molecule has 0 saturated heterocycles. The maximum Gasteiger partial charge on any atom is 0.243 e. The van der Waals surface area contributed by atoms with Crippen molar-refractivity contribution in [1.82, 2.24) is 0 Å². The molecule has 0 fully saturated rings. The maximum absolute atomic E-state index is 11.9. The highest BCUT2D eigenvalue weighted by molar-refractivity contribution is 6.32. The lowest BCUT2D eigenvalue weighted by molar-refractivity contribution is -0.114. The predicted octanol–water partition coefficient (Wildman–Crippen LogP) is 4.22. The summed E-state index contributed by atoms with van der Waals surface area (Å²) in [7, 11) is 0. The molecule has 2 aromatic carbocycles. The van der Waals surface area contributed by atoms with Gasteiger partial charge in [-0.05, 0) is 48.9 Å². The van der Waals surface area contributed by atoms with Crippen molar-refractivity contribution in [3.05, 3.63) is 57.6 Å². The maximum atomic E-state index is 11.9. The first-order chi connectivity index (χ1) is 10.5. The van der Waals surface area contributed by atoms with E-state index in [2.05, 4.69) is 10.6 Å². The van der Waals surface area contributed by atoms with Crippen LogP contribution in [-0.2, 0) is 4.79 Å². The summed E-state index contributed by atoms with van der Waals surface area (Å²) >= 11 is 11.8. The van der Waals surface area contributed by atoms with Crippen molar-refractivity contribution in [2.24, 2.45) is 0 Å². The summed E-state index contributed by atoms with van der Waals surface area (Å²) in [6, 6.07) is 12.1. The van der Waals surface area contributed by atoms with Crippen LogP contribution in [0, 0.1) is 18.3 Å². The fourth-order valence-corrected chi connectivity index (χ4v) is 2.34. The number of hydrogen-bond acceptors (Lipinski definition) is 3. The number of amides is 1. The molecule has 0 radical (unpaired) electrons. The smallest absolute Gasteiger partial charge is 0.243 e. The summed E-state index contributed by atoms with van der Waals surface area (Å²) in [5.41, 5.74) is 2.72. The Bertz CT molecular complexity index is 754. The zero-order chi connectivity index (χ0) is 16.1. The van der Waals surface area contributed by atoms with Gasteiger partial charge in [0.1, 0.15) is 6.07 Å². The number of nitrogens with one attached hydrogen (secondary N) is 2. The number of anilines is 2. The lowest BCUT2D eigenvalue weighted by atomic mass is 10.2. The van der Waals surface area contributed by atoms with Crippen molar-refractivity contribution >= 4 is 40.5 Å². The molecule has 0 aliphatic rings. The lowest BCUT2D eigenvalue weighted by Gasteiger charge is -2.10. The van der Waals surface area contributed by atoms with E-state index in [4.69, 9.17) is 28.5 Å². The van der Waals surface area contributed by atoms with E-state index >= 15 is 0 Å². The minimum atomic E-state index is -0.213. The third-order valence-electron chi connectivity index (χ3n) is 3.00. The number of halogens is 2. The van der Waals surface area contributed by atoms with E-state index in [1.165, 1.54) is 0 Å². The standard InChI is InChI=1S/C16H13Cl2N3O/c1-10-6-12(17)3-5-15(10)20-9-16(22)21-13-4-2-11(8-19)14(18)7-13/h2-7,20H,9H2,1H3,(H,21,22).